The van der Waals surface area contributed by atoms with Gasteiger partial charge < -0.3 is 4.43 Å². The molecule has 2 bridgehead atoms. The van der Waals surface area contributed by atoms with E-state index in [1.54, 1.807) is 0 Å². The Kier molecular flexibility index (Phi) is 6.42. The van der Waals surface area contributed by atoms with E-state index in [2.05, 4.69) is 47.7 Å². The van der Waals surface area contributed by atoms with Crippen LogP contribution in [0.3, 0.4) is 0 Å². The number of fused-ring (bicyclic) bond motifs is 1. The molecule has 6 nitrogen and oxygen atoms in total. The van der Waals surface area contributed by atoms with Gasteiger partial charge in [0.1, 0.15) is 5.78 Å². The number of sulfonamides is 1. The number of carbonyl (C=O) groups excluding carboxylic acids is 2. The van der Waals surface area contributed by atoms with Gasteiger partial charge in [0.05, 0.1) is 24.3 Å². The highest BCUT2D eigenvalue weighted by Crippen LogP contribution is 2.70. The topological polar surface area (TPSA) is 80.8 Å². The first-order valence-corrected chi connectivity index (χ1v) is 17.0. The van der Waals surface area contributed by atoms with Crippen molar-refractivity contribution in [3.8, 4) is 0 Å². The van der Waals surface area contributed by atoms with E-state index >= 15 is 0 Å². The lowest BCUT2D eigenvalue weighted by molar-refractivity contribution is -0.137. The van der Waals surface area contributed by atoms with Gasteiger partial charge in [-0.1, -0.05) is 55.4 Å². The number of carbonyl (C=O) groups is 2. The summed E-state index contributed by atoms with van der Waals surface area (Å²) in [7, 11) is -6.01. The highest BCUT2D eigenvalue weighted by molar-refractivity contribution is 7.90. The molecule has 8 heteroatoms. The fourth-order valence-electron chi connectivity index (χ4n) is 6.48. The quantitative estimate of drug-likeness (QED) is 0.453. The van der Waals surface area contributed by atoms with E-state index in [0.29, 0.717) is 12.3 Å². The zero-order valence-electron chi connectivity index (χ0n) is 22.4. The van der Waals surface area contributed by atoms with E-state index in [9.17, 15) is 18.0 Å². The lowest BCUT2D eigenvalue weighted by Gasteiger charge is -2.44. The third kappa shape index (κ3) is 3.96. The third-order valence-corrected chi connectivity index (χ3v) is 16.5. The Morgan fingerprint density at radius 1 is 1.15 bits per heavy atom. The van der Waals surface area contributed by atoms with Crippen LogP contribution in [-0.2, 0) is 24.0 Å². The molecule has 3 aliphatic rings. The first-order chi connectivity index (χ1) is 14.7. The van der Waals surface area contributed by atoms with Crippen molar-refractivity contribution in [2.75, 3.05) is 5.75 Å². The van der Waals surface area contributed by atoms with Crippen molar-refractivity contribution in [3.63, 3.8) is 0 Å². The van der Waals surface area contributed by atoms with Gasteiger partial charge in [0.15, 0.2) is 8.32 Å². The SMILES string of the molecule is CCC(=O)C(C)(C)C(CC(=O)N1C2CC3CCC2(CS1(=O)=O)C3(C)C)O[Si](C)(C)C(C)(C)C. The molecule has 1 amide bonds. The maximum Gasteiger partial charge on any atom is 0.238 e. The van der Waals surface area contributed by atoms with Crippen molar-refractivity contribution in [2.24, 2.45) is 22.2 Å². The van der Waals surface area contributed by atoms with Gasteiger partial charge in [-0.05, 0) is 48.7 Å². The summed E-state index contributed by atoms with van der Waals surface area (Å²) < 4.78 is 34.6. The van der Waals surface area contributed by atoms with Crippen molar-refractivity contribution >= 4 is 30.0 Å². The molecule has 2 saturated carbocycles. The van der Waals surface area contributed by atoms with Crippen LogP contribution < -0.4 is 0 Å². The zero-order chi connectivity index (χ0) is 25.4. The van der Waals surface area contributed by atoms with E-state index in [4.69, 9.17) is 4.43 Å². The Labute approximate surface area is 202 Å². The number of hydrogen-bond acceptors (Lipinski definition) is 5. The van der Waals surface area contributed by atoms with Crippen LogP contribution in [-0.4, -0.2) is 50.6 Å². The maximum atomic E-state index is 13.8. The van der Waals surface area contributed by atoms with E-state index in [1.807, 2.05) is 20.8 Å². The van der Waals surface area contributed by atoms with E-state index in [-0.39, 0.29) is 39.9 Å². The lowest BCUT2D eigenvalue weighted by Crippen LogP contribution is -2.52. The van der Waals surface area contributed by atoms with Gasteiger partial charge in [0.25, 0.3) is 0 Å². The van der Waals surface area contributed by atoms with E-state index in [1.165, 1.54) is 4.31 Å². The number of ketones is 1. The predicted molar refractivity (Wildman–Crippen MR) is 134 cm³/mol. The molecule has 0 aromatic heterocycles. The number of Topliss-reactive ketones (excluding diaryl/α,β-unsaturated/α-hetero) is 1. The summed E-state index contributed by atoms with van der Waals surface area (Å²) in [5.74, 6) is 0.137. The van der Waals surface area contributed by atoms with Crippen molar-refractivity contribution in [1.29, 1.82) is 0 Å². The smallest absolute Gasteiger partial charge is 0.238 e. The molecule has 4 atom stereocenters. The lowest BCUT2D eigenvalue weighted by atomic mass is 9.69. The van der Waals surface area contributed by atoms with Crippen LogP contribution in [0, 0.1) is 22.2 Å². The number of hydrogen-bond donors (Lipinski definition) is 0. The van der Waals surface area contributed by atoms with Crippen molar-refractivity contribution in [3.05, 3.63) is 0 Å². The first kappa shape index (κ1) is 26.9. The molecule has 0 aromatic rings. The van der Waals surface area contributed by atoms with Gasteiger partial charge >= 0.3 is 0 Å². The van der Waals surface area contributed by atoms with Crippen LogP contribution >= 0.6 is 0 Å². The minimum atomic E-state index is -3.69. The molecule has 1 heterocycles. The van der Waals surface area contributed by atoms with Crippen molar-refractivity contribution in [1.82, 2.24) is 4.31 Å². The second kappa shape index (κ2) is 7.89. The van der Waals surface area contributed by atoms with Gasteiger partial charge in [0, 0.05) is 17.3 Å². The van der Waals surface area contributed by atoms with E-state index in [0.717, 1.165) is 19.3 Å². The van der Waals surface area contributed by atoms with Gasteiger partial charge in [-0.25, -0.2) is 12.7 Å². The summed E-state index contributed by atoms with van der Waals surface area (Å²) in [5, 5.41) is -0.0992. The second-order valence-corrected chi connectivity index (χ2v) is 20.0. The fraction of sp³-hybridized carbons (Fsp3) is 0.920. The Morgan fingerprint density at radius 3 is 2.21 bits per heavy atom. The predicted octanol–water partition coefficient (Wildman–Crippen LogP) is 5.14. The molecule has 1 saturated heterocycles. The average Bonchev–Trinajstić information content (AvgIpc) is 3.13. The largest absolute Gasteiger partial charge is 0.412 e. The second-order valence-electron chi connectivity index (χ2n) is 13.4. The standard InChI is InChI=1S/C25H45NO5SSi/c1-11-19(27)23(5,6)20(31-33(9,10)22(2,3)4)15-21(28)26-18-14-17-12-13-25(18,24(17,7)8)16-32(26,29)30/h17-18,20H,11-16H2,1-10H3. The van der Waals surface area contributed by atoms with Crippen LogP contribution in [0.1, 0.15) is 87.5 Å². The fourth-order valence-corrected chi connectivity index (χ4v) is 10.5. The van der Waals surface area contributed by atoms with Gasteiger partial charge in [-0.2, -0.15) is 0 Å². The van der Waals surface area contributed by atoms with Crippen LogP contribution in [0.15, 0.2) is 0 Å². The van der Waals surface area contributed by atoms with Crippen LogP contribution in [0.2, 0.25) is 18.1 Å². The molecule has 3 fully saturated rings. The molecule has 3 rings (SSSR count). The number of rotatable bonds is 7. The highest BCUT2D eigenvalue weighted by Gasteiger charge is 2.72. The molecule has 1 aliphatic heterocycles. The first-order valence-electron chi connectivity index (χ1n) is 12.5. The number of amides is 1. The molecule has 33 heavy (non-hydrogen) atoms. The Morgan fingerprint density at radius 2 is 1.73 bits per heavy atom. The Balaban J connectivity index is 1.95. The van der Waals surface area contributed by atoms with Crippen LogP contribution in [0.25, 0.3) is 0 Å². The molecule has 4 unspecified atom stereocenters. The molecule has 0 aromatic carbocycles. The molecule has 0 radical (unpaired) electrons. The summed E-state index contributed by atoms with van der Waals surface area (Å²) in [6.45, 7) is 20.4. The summed E-state index contributed by atoms with van der Waals surface area (Å²) in [6.07, 6.45) is 2.27. The summed E-state index contributed by atoms with van der Waals surface area (Å²) in [5.41, 5.74) is -1.32. The molecule has 1 spiro atoms. The third-order valence-electron chi connectivity index (χ3n) is 10.1. The monoisotopic (exact) mass is 499 g/mol. The minimum absolute atomic E-state index is 0.0285. The average molecular weight is 500 g/mol. The molecular weight excluding hydrogens is 454 g/mol. The summed E-state index contributed by atoms with van der Waals surface area (Å²) in [4.78, 5) is 26.7. The Bertz CT molecular complexity index is 933. The molecule has 0 N–H and O–H groups in total. The van der Waals surface area contributed by atoms with Crippen molar-refractivity contribution in [2.45, 2.75) is 118 Å². The summed E-state index contributed by atoms with van der Waals surface area (Å²) in [6, 6.07) is -0.262. The molecule has 190 valence electrons. The zero-order valence-corrected chi connectivity index (χ0v) is 24.2. The van der Waals surface area contributed by atoms with E-state index < -0.39 is 35.8 Å². The normalized spacial score (nSPS) is 31.5. The van der Waals surface area contributed by atoms with Gasteiger partial charge in [0.2, 0.25) is 15.9 Å². The summed E-state index contributed by atoms with van der Waals surface area (Å²) >= 11 is 0. The van der Waals surface area contributed by atoms with Gasteiger partial charge in [-0.3, -0.25) is 9.59 Å². The van der Waals surface area contributed by atoms with Crippen LogP contribution in [0.5, 0.6) is 0 Å². The minimum Gasteiger partial charge on any atom is -0.412 e. The Hall–Kier alpha value is -0.733. The maximum absolute atomic E-state index is 13.8. The molecular formula is C25H45NO5SSi. The van der Waals surface area contributed by atoms with Gasteiger partial charge in [-0.15, -0.1) is 0 Å². The van der Waals surface area contributed by atoms with Crippen molar-refractivity contribution < 1.29 is 22.4 Å². The van der Waals surface area contributed by atoms with Crippen LogP contribution in [0.4, 0.5) is 0 Å². The number of nitrogens with zero attached hydrogens (tertiary/aromatic N) is 1. The highest BCUT2D eigenvalue weighted by atomic mass is 32.2. The molecule has 2 aliphatic carbocycles.